The normalized spacial score (nSPS) is 31.3. The van der Waals surface area contributed by atoms with Gasteiger partial charge in [-0.15, -0.1) is 0 Å². The van der Waals surface area contributed by atoms with E-state index in [-0.39, 0.29) is 12.5 Å². The molecule has 1 amide bonds. The van der Waals surface area contributed by atoms with E-state index in [2.05, 4.69) is 5.32 Å². The highest BCUT2D eigenvalue weighted by Gasteiger charge is 2.46. The van der Waals surface area contributed by atoms with Crippen molar-refractivity contribution in [3.8, 4) is 0 Å². The average Bonchev–Trinajstić information content (AvgIpc) is 2.56. The lowest BCUT2D eigenvalue weighted by molar-refractivity contribution is -0.162. The van der Waals surface area contributed by atoms with Crippen LogP contribution in [0.3, 0.4) is 0 Å². The minimum Gasteiger partial charge on any atom is -0.467 e. The first-order valence-corrected chi connectivity index (χ1v) is 6.34. The number of esters is 2. The molecule has 19 heavy (non-hydrogen) atoms. The minimum atomic E-state index is -0.697. The predicted octanol–water partition coefficient (Wildman–Crippen LogP) is -0.946. The van der Waals surface area contributed by atoms with Crippen LogP contribution >= 0.6 is 0 Å². The number of carbonyl (C=O) groups is 3. The second kappa shape index (κ2) is 5.56. The van der Waals surface area contributed by atoms with Gasteiger partial charge in [0.1, 0.15) is 24.7 Å². The Labute approximate surface area is 111 Å². The van der Waals surface area contributed by atoms with Crippen molar-refractivity contribution in [1.82, 2.24) is 10.2 Å². The predicted molar refractivity (Wildman–Crippen MR) is 64.1 cm³/mol. The maximum absolute atomic E-state index is 12.4. The Bertz CT molecular complexity index is 398. The van der Waals surface area contributed by atoms with Crippen LogP contribution in [0.4, 0.5) is 0 Å². The monoisotopic (exact) mass is 270 g/mol. The fraction of sp³-hybridized carbons (Fsp3) is 0.750. The molecule has 0 radical (unpaired) electrons. The molecule has 0 saturated carbocycles. The molecule has 7 heteroatoms. The number of nitrogens with one attached hydrogen (secondary N) is 1. The second-order valence-corrected chi connectivity index (χ2v) is 4.70. The number of nitrogens with zero attached hydrogens (tertiary/aromatic N) is 1. The van der Waals surface area contributed by atoms with E-state index in [1.807, 2.05) is 0 Å². The van der Waals surface area contributed by atoms with Crippen molar-refractivity contribution in [1.29, 1.82) is 0 Å². The van der Waals surface area contributed by atoms with E-state index in [0.29, 0.717) is 19.3 Å². The van der Waals surface area contributed by atoms with Crippen molar-refractivity contribution < 1.29 is 23.9 Å². The standard InChI is InChI=1S/C12H18N2O5/c1-13-7-6-19-12(17)9-5-3-4-8(11(16)18-2)14(9)10(7)15/h7-9,13H,3-6H2,1-2H3. The quantitative estimate of drug-likeness (QED) is 0.651. The van der Waals surface area contributed by atoms with Crippen LogP contribution in [-0.4, -0.2) is 61.6 Å². The number of piperidine rings is 1. The minimum absolute atomic E-state index is 0.00490. The van der Waals surface area contributed by atoms with Gasteiger partial charge in [-0.3, -0.25) is 4.79 Å². The van der Waals surface area contributed by atoms with Crippen LogP contribution in [-0.2, 0) is 23.9 Å². The zero-order valence-electron chi connectivity index (χ0n) is 11.0. The molecule has 7 nitrogen and oxygen atoms in total. The summed E-state index contributed by atoms with van der Waals surface area (Å²) >= 11 is 0. The first-order valence-electron chi connectivity index (χ1n) is 6.34. The highest BCUT2D eigenvalue weighted by Crippen LogP contribution is 2.27. The van der Waals surface area contributed by atoms with Gasteiger partial charge < -0.3 is 19.7 Å². The fourth-order valence-electron chi connectivity index (χ4n) is 2.63. The second-order valence-electron chi connectivity index (χ2n) is 4.70. The molecule has 0 aromatic rings. The van der Waals surface area contributed by atoms with Crippen LogP contribution < -0.4 is 5.32 Å². The van der Waals surface area contributed by atoms with Crippen molar-refractivity contribution in [3.63, 3.8) is 0 Å². The molecular formula is C12H18N2O5. The summed E-state index contributed by atoms with van der Waals surface area (Å²) in [5.74, 6) is -1.21. The number of carbonyl (C=O) groups excluding carboxylic acids is 3. The number of cyclic esters (lactones) is 1. The Balaban J connectivity index is 2.33. The third-order valence-corrected chi connectivity index (χ3v) is 3.67. The number of rotatable bonds is 2. The third kappa shape index (κ3) is 2.42. The molecule has 0 spiro atoms. The lowest BCUT2D eigenvalue weighted by Gasteiger charge is -2.38. The van der Waals surface area contributed by atoms with E-state index in [1.165, 1.54) is 12.0 Å². The number of hydrogen-bond acceptors (Lipinski definition) is 6. The van der Waals surface area contributed by atoms with Crippen molar-refractivity contribution in [2.75, 3.05) is 20.8 Å². The summed E-state index contributed by atoms with van der Waals surface area (Å²) in [6, 6.07) is -1.99. The van der Waals surface area contributed by atoms with E-state index in [4.69, 9.17) is 9.47 Å². The maximum Gasteiger partial charge on any atom is 0.328 e. The number of fused-ring (bicyclic) bond motifs is 1. The van der Waals surface area contributed by atoms with Crippen LogP contribution in [0.25, 0.3) is 0 Å². The fourth-order valence-corrected chi connectivity index (χ4v) is 2.63. The van der Waals surface area contributed by atoms with Gasteiger partial charge in [-0.1, -0.05) is 0 Å². The molecule has 3 unspecified atom stereocenters. The van der Waals surface area contributed by atoms with Crippen molar-refractivity contribution in [3.05, 3.63) is 0 Å². The number of likely N-dealkylation sites (N-methyl/N-ethyl adjacent to an activating group) is 1. The molecule has 0 aromatic carbocycles. The van der Waals surface area contributed by atoms with Crippen molar-refractivity contribution in [2.45, 2.75) is 37.4 Å². The van der Waals surface area contributed by atoms with E-state index in [0.717, 1.165) is 0 Å². The van der Waals surface area contributed by atoms with Crippen molar-refractivity contribution in [2.24, 2.45) is 0 Å². The van der Waals surface area contributed by atoms with Gasteiger partial charge in [0.25, 0.3) is 0 Å². The summed E-state index contributed by atoms with van der Waals surface area (Å²) in [4.78, 5) is 37.5. The van der Waals surface area contributed by atoms with Gasteiger partial charge in [0.2, 0.25) is 5.91 Å². The Kier molecular flexibility index (Phi) is 4.04. The SMILES string of the molecule is CNC1COC(=O)C2CCCC(C(=O)OC)N2C1=O. The molecule has 0 aliphatic carbocycles. The molecule has 1 N–H and O–H groups in total. The van der Waals surface area contributed by atoms with Gasteiger partial charge in [0.05, 0.1) is 7.11 Å². The van der Waals surface area contributed by atoms with Crippen molar-refractivity contribution >= 4 is 17.8 Å². The first kappa shape index (κ1) is 13.8. The highest BCUT2D eigenvalue weighted by molar-refractivity contribution is 5.93. The van der Waals surface area contributed by atoms with Crippen LogP contribution in [0, 0.1) is 0 Å². The summed E-state index contributed by atoms with van der Waals surface area (Å²) < 4.78 is 9.82. The average molecular weight is 270 g/mol. The van der Waals surface area contributed by atoms with Crippen LogP contribution in [0.2, 0.25) is 0 Å². The van der Waals surface area contributed by atoms with Gasteiger partial charge in [-0.25, -0.2) is 9.59 Å². The molecule has 2 fully saturated rings. The lowest BCUT2D eigenvalue weighted by atomic mass is 9.95. The molecule has 3 atom stereocenters. The zero-order valence-corrected chi connectivity index (χ0v) is 11.0. The van der Waals surface area contributed by atoms with E-state index in [9.17, 15) is 14.4 Å². The van der Waals surface area contributed by atoms with Crippen LogP contribution in [0.1, 0.15) is 19.3 Å². The van der Waals surface area contributed by atoms with Crippen LogP contribution in [0.15, 0.2) is 0 Å². The van der Waals surface area contributed by atoms with Gasteiger partial charge in [-0.2, -0.15) is 0 Å². The molecule has 106 valence electrons. The molecule has 2 aliphatic heterocycles. The number of amides is 1. The zero-order chi connectivity index (χ0) is 14.0. The van der Waals surface area contributed by atoms with Gasteiger partial charge >= 0.3 is 11.9 Å². The summed E-state index contributed by atoms with van der Waals surface area (Å²) in [5.41, 5.74) is 0. The molecule has 2 heterocycles. The summed E-state index contributed by atoms with van der Waals surface area (Å²) in [6.07, 6.45) is 1.72. The Morgan fingerprint density at radius 2 is 2.16 bits per heavy atom. The molecule has 2 saturated heterocycles. The van der Waals surface area contributed by atoms with Gasteiger partial charge in [-0.05, 0) is 26.3 Å². The number of ether oxygens (including phenoxy) is 2. The topological polar surface area (TPSA) is 84.9 Å². The lowest BCUT2D eigenvalue weighted by Crippen LogP contribution is -2.58. The third-order valence-electron chi connectivity index (χ3n) is 3.67. The smallest absolute Gasteiger partial charge is 0.328 e. The molecule has 2 rings (SSSR count). The highest BCUT2D eigenvalue weighted by atomic mass is 16.5. The maximum atomic E-state index is 12.4. The van der Waals surface area contributed by atoms with E-state index >= 15 is 0 Å². The van der Waals surface area contributed by atoms with Gasteiger partial charge in [0, 0.05) is 0 Å². The Hall–Kier alpha value is -1.63. The Morgan fingerprint density at radius 3 is 2.79 bits per heavy atom. The van der Waals surface area contributed by atoms with E-state index < -0.39 is 30.1 Å². The molecule has 0 aromatic heterocycles. The largest absolute Gasteiger partial charge is 0.467 e. The van der Waals surface area contributed by atoms with E-state index in [1.54, 1.807) is 7.05 Å². The van der Waals surface area contributed by atoms with Crippen LogP contribution in [0.5, 0.6) is 0 Å². The first-order chi connectivity index (χ1) is 9.10. The number of hydrogen-bond donors (Lipinski definition) is 1. The Morgan fingerprint density at radius 1 is 1.42 bits per heavy atom. The molecule has 2 aliphatic rings. The summed E-state index contributed by atoms with van der Waals surface area (Å²) in [6.45, 7) is -0.00490. The molecular weight excluding hydrogens is 252 g/mol. The summed E-state index contributed by atoms with van der Waals surface area (Å²) in [7, 11) is 2.90. The molecule has 0 bridgehead atoms. The van der Waals surface area contributed by atoms with Gasteiger partial charge in [0.15, 0.2) is 0 Å². The summed E-state index contributed by atoms with van der Waals surface area (Å²) in [5, 5.41) is 2.80. The number of methoxy groups -OCH3 is 1.